The maximum atomic E-state index is 14.0. The van der Waals surface area contributed by atoms with Crippen molar-refractivity contribution in [3.05, 3.63) is 35.9 Å². The highest BCUT2D eigenvalue weighted by Gasteiger charge is 2.42. The van der Waals surface area contributed by atoms with Crippen molar-refractivity contribution in [3.63, 3.8) is 0 Å². The molecule has 8 heteroatoms. The monoisotopic (exact) mass is 338 g/mol. The van der Waals surface area contributed by atoms with E-state index in [1.54, 1.807) is 0 Å². The fourth-order valence-corrected chi connectivity index (χ4v) is 2.12. The van der Waals surface area contributed by atoms with Gasteiger partial charge in [0.25, 0.3) is 5.92 Å². The predicted molar refractivity (Wildman–Crippen MR) is 75.8 cm³/mol. The molecule has 0 spiro atoms. The summed E-state index contributed by atoms with van der Waals surface area (Å²) >= 11 is 0. The van der Waals surface area contributed by atoms with Crippen LogP contribution < -0.4 is 0 Å². The number of hydrogen-bond acceptors (Lipinski definition) is 5. The van der Waals surface area contributed by atoms with Crippen molar-refractivity contribution in [3.8, 4) is 0 Å². The van der Waals surface area contributed by atoms with Crippen LogP contribution in [-0.2, 0) is 10.7 Å². The van der Waals surface area contributed by atoms with Gasteiger partial charge in [-0.15, -0.1) is 0 Å². The summed E-state index contributed by atoms with van der Waals surface area (Å²) in [7, 11) is 1.12. The molecule has 0 aliphatic heterocycles. The quantitative estimate of drug-likeness (QED) is 0.529. The molecule has 0 aliphatic rings. The fourth-order valence-electron chi connectivity index (χ4n) is 2.12. The molecular weight excluding hydrogens is 317 g/mol. The van der Waals surface area contributed by atoms with E-state index in [4.69, 9.17) is 5.11 Å². The van der Waals surface area contributed by atoms with Gasteiger partial charge in [-0.3, -0.25) is 0 Å². The van der Waals surface area contributed by atoms with Gasteiger partial charge in [0.15, 0.2) is 0 Å². The molecule has 23 heavy (non-hydrogen) atoms. The Morgan fingerprint density at radius 1 is 1.04 bits per heavy atom. The standard InChI is InChI=1S/C15H21F3O5/c1-23-11(8-19)13(21)14(22)12(20)10(16)7-15(17,18)9-5-3-2-4-6-9/h2-6,10-14,19-22H,7-8H2,1H3/t10?,11-,12+,13-,14-/m1/s1. The normalized spacial score (nSPS) is 19.0. The minimum atomic E-state index is -3.55. The largest absolute Gasteiger partial charge is 0.394 e. The van der Waals surface area contributed by atoms with Gasteiger partial charge in [0.2, 0.25) is 0 Å². The fraction of sp³-hybridized carbons (Fsp3) is 0.600. The molecule has 0 aromatic heterocycles. The van der Waals surface area contributed by atoms with Gasteiger partial charge in [-0.05, 0) is 0 Å². The molecule has 0 heterocycles. The maximum Gasteiger partial charge on any atom is 0.276 e. The van der Waals surface area contributed by atoms with E-state index in [1.807, 2.05) is 0 Å². The molecule has 0 fully saturated rings. The van der Waals surface area contributed by atoms with Gasteiger partial charge in [-0.2, -0.15) is 0 Å². The van der Waals surface area contributed by atoms with Crippen molar-refractivity contribution in [1.82, 2.24) is 0 Å². The lowest BCUT2D eigenvalue weighted by Gasteiger charge is -2.30. The number of rotatable bonds is 9. The summed E-state index contributed by atoms with van der Waals surface area (Å²) in [6, 6.07) is 6.52. The summed E-state index contributed by atoms with van der Waals surface area (Å²) < 4.78 is 46.5. The Morgan fingerprint density at radius 2 is 1.61 bits per heavy atom. The van der Waals surface area contributed by atoms with Crippen molar-refractivity contribution in [1.29, 1.82) is 0 Å². The molecule has 0 saturated heterocycles. The zero-order valence-electron chi connectivity index (χ0n) is 12.5. The van der Waals surface area contributed by atoms with E-state index in [0.29, 0.717) is 0 Å². The molecule has 0 saturated carbocycles. The van der Waals surface area contributed by atoms with Crippen LogP contribution in [0.1, 0.15) is 12.0 Å². The molecule has 1 rings (SSSR count). The summed E-state index contributed by atoms with van der Waals surface area (Å²) in [6.45, 7) is -0.696. The summed E-state index contributed by atoms with van der Waals surface area (Å²) in [5, 5.41) is 37.9. The second-order valence-corrected chi connectivity index (χ2v) is 5.22. The van der Waals surface area contributed by atoms with E-state index in [9.17, 15) is 28.5 Å². The third-order valence-corrected chi connectivity index (χ3v) is 3.58. The highest BCUT2D eigenvalue weighted by molar-refractivity contribution is 5.20. The van der Waals surface area contributed by atoms with Crippen molar-refractivity contribution >= 4 is 0 Å². The Hall–Kier alpha value is -1.19. The van der Waals surface area contributed by atoms with Gasteiger partial charge in [-0.25, -0.2) is 13.2 Å². The van der Waals surface area contributed by atoms with Crippen LogP contribution >= 0.6 is 0 Å². The van der Waals surface area contributed by atoms with Gasteiger partial charge in [0, 0.05) is 19.1 Å². The van der Waals surface area contributed by atoms with Gasteiger partial charge in [0.05, 0.1) is 6.61 Å². The van der Waals surface area contributed by atoms with Crippen LogP contribution in [0, 0.1) is 0 Å². The Balaban J connectivity index is 2.74. The van der Waals surface area contributed by atoms with Crippen LogP contribution in [0.5, 0.6) is 0 Å². The van der Waals surface area contributed by atoms with Crippen LogP contribution in [-0.4, -0.2) is 64.7 Å². The van der Waals surface area contributed by atoms with Gasteiger partial charge in [-0.1, -0.05) is 30.3 Å². The third-order valence-electron chi connectivity index (χ3n) is 3.58. The first-order valence-electron chi connectivity index (χ1n) is 7.00. The van der Waals surface area contributed by atoms with Gasteiger partial charge >= 0.3 is 0 Å². The number of methoxy groups -OCH3 is 1. The molecule has 1 aromatic carbocycles. The van der Waals surface area contributed by atoms with Crippen LogP contribution in [0.4, 0.5) is 13.2 Å². The first-order chi connectivity index (χ1) is 10.7. The van der Waals surface area contributed by atoms with Crippen molar-refractivity contribution in [2.24, 2.45) is 0 Å². The van der Waals surface area contributed by atoms with Crippen LogP contribution in [0.2, 0.25) is 0 Å². The molecule has 1 aromatic rings. The number of aliphatic hydroxyl groups excluding tert-OH is 4. The second kappa shape index (κ2) is 8.60. The third kappa shape index (κ3) is 5.15. The summed E-state index contributed by atoms with van der Waals surface area (Å²) in [5.41, 5.74) is -0.421. The zero-order chi connectivity index (χ0) is 17.6. The summed E-state index contributed by atoms with van der Waals surface area (Å²) in [6.07, 6.45) is -11.3. The van der Waals surface area contributed by atoms with E-state index in [-0.39, 0.29) is 0 Å². The highest BCUT2D eigenvalue weighted by atomic mass is 19.3. The van der Waals surface area contributed by atoms with Crippen molar-refractivity contribution < 1.29 is 38.3 Å². The molecule has 4 N–H and O–H groups in total. The lowest BCUT2D eigenvalue weighted by molar-refractivity contribution is -0.148. The lowest BCUT2D eigenvalue weighted by atomic mass is 9.94. The summed E-state index contributed by atoms with van der Waals surface area (Å²) in [5.74, 6) is -3.55. The van der Waals surface area contributed by atoms with E-state index < -0.39 is 55.1 Å². The van der Waals surface area contributed by atoms with Crippen LogP contribution in [0.3, 0.4) is 0 Å². The van der Waals surface area contributed by atoms with Gasteiger partial charge in [0.1, 0.15) is 30.6 Å². The lowest BCUT2D eigenvalue weighted by Crippen LogP contribution is -2.50. The van der Waals surface area contributed by atoms with E-state index in [1.165, 1.54) is 18.2 Å². The maximum absolute atomic E-state index is 14.0. The van der Waals surface area contributed by atoms with Crippen molar-refractivity contribution in [2.75, 3.05) is 13.7 Å². The molecule has 0 bridgehead atoms. The van der Waals surface area contributed by atoms with E-state index in [0.717, 1.165) is 19.2 Å². The minimum absolute atomic E-state index is 0.421. The molecule has 0 aliphatic carbocycles. The molecule has 5 atom stereocenters. The number of ether oxygens (including phenoxy) is 1. The average Bonchev–Trinajstić information content (AvgIpc) is 2.54. The molecule has 1 unspecified atom stereocenters. The smallest absolute Gasteiger partial charge is 0.276 e. The van der Waals surface area contributed by atoms with Crippen LogP contribution in [0.25, 0.3) is 0 Å². The average molecular weight is 338 g/mol. The number of halogens is 3. The number of hydrogen-bond donors (Lipinski definition) is 4. The van der Waals surface area contributed by atoms with Crippen molar-refractivity contribution in [2.45, 2.75) is 42.9 Å². The SMILES string of the molecule is CO[C@H](CO)[C@@H](O)[C@H](O)[C@@H](O)C(F)CC(F)(F)c1ccccc1. The molecular formula is C15H21F3O5. The first-order valence-corrected chi connectivity index (χ1v) is 7.00. The topological polar surface area (TPSA) is 90.2 Å². The number of aliphatic hydroxyl groups is 4. The first kappa shape index (κ1) is 19.9. The van der Waals surface area contributed by atoms with E-state index in [2.05, 4.69) is 4.74 Å². The van der Waals surface area contributed by atoms with E-state index >= 15 is 0 Å². The second-order valence-electron chi connectivity index (χ2n) is 5.22. The van der Waals surface area contributed by atoms with Crippen LogP contribution in [0.15, 0.2) is 30.3 Å². The summed E-state index contributed by atoms with van der Waals surface area (Å²) in [4.78, 5) is 0. The molecule has 0 radical (unpaired) electrons. The Labute approximate surface area is 132 Å². The predicted octanol–water partition coefficient (Wildman–Crippen LogP) is 0.597. The Morgan fingerprint density at radius 3 is 2.09 bits per heavy atom. The van der Waals surface area contributed by atoms with Gasteiger partial charge < -0.3 is 25.2 Å². The molecule has 0 amide bonds. The number of benzene rings is 1. The molecule has 132 valence electrons. The minimum Gasteiger partial charge on any atom is -0.394 e. The highest BCUT2D eigenvalue weighted by Crippen LogP contribution is 2.34. The Bertz CT molecular complexity index is 456. The Kier molecular flexibility index (Phi) is 7.43. The number of alkyl halides is 3. The zero-order valence-corrected chi connectivity index (χ0v) is 12.5. The molecule has 5 nitrogen and oxygen atoms in total.